The number of unbranched alkanes of at least 4 members (excludes halogenated alkanes) is 1. The summed E-state index contributed by atoms with van der Waals surface area (Å²) in [5, 5.41) is 10.1. The molecule has 0 amide bonds. The normalized spacial score (nSPS) is 11.1. The van der Waals surface area contributed by atoms with Crippen molar-refractivity contribution in [1.29, 1.82) is 0 Å². The van der Waals surface area contributed by atoms with Crippen molar-refractivity contribution in [2.24, 2.45) is 0 Å². The van der Waals surface area contributed by atoms with Gasteiger partial charge in [0.05, 0.1) is 0 Å². The number of phenolic OH excluding ortho intramolecular Hbond substituents is 1. The molecule has 0 atom stereocenters. The van der Waals surface area contributed by atoms with Gasteiger partial charge in [0, 0.05) is 0 Å². The number of rotatable bonds is 5. The third kappa shape index (κ3) is 3.01. The lowest BCUT2D eigenvalue weighted by Crippen LogP contribution is -1.96. The minimum Gasteiger partial charge on any atom is -0.507 e. The Labute approximate surface area is 99.5 Å². The Kier molecular flexibility index (Phi) is 4.85. The molecule has 0 fully saturated rings. The van der Waals surface area contributed by atoms with E-state index in [9.17, 15) is 5.11 Å². The maximum absolute atomic E-state index is 10.1. The summed E-state index contributed by atoms with van der Waals surface area (Å²) < 4.78 is 0. The number of hydrogen-bond acceptors (Lipinski definition) is 1. The number of aromatic hydroxyl groups is 1. The van der Waals surface area contributed by atoms with Crippen molar-refractivity contribution in [3.8, 4) is 5.75 Å². The molecule has 0 bridgehead atoms. The molecule has 0 spiro atoms. The lowest BCUT2D eigenvalue weighted by Gasteiger charge is -2.14. The van der Waals surface area contributed by atoms with E-state index in [1.165, 1.54) is 12.0 Å². The first-order valence-electron chi connectivity index (χ1n) is 6.44. The summed E-state index contributed by atoms with van der Waals surface area (Å²) in [5.74, 6) is 1.06. The van der Waals surface area contributed by atoms with Gasteiger partial charge in [-0.25, -0.2) is 0 Å². The summed E-state index contributed by atoms with van der Waals surface area (Å²) in [4.78, 5) is 0. The van der Waals surface area contributed by atoms with Gasteiger partial charge in [0.2, 0.25) is 0 Å². The van der Waals surface area contributed by atoms with E-state index in [4.69, 9.17) is 0 Å². The van der Waals surface area contributed by atoms with Crippen molar-refractivity contribution >= 4 is 0 Å². The highest BCUT2D eigenvalue weighted by Gasteiger charge is 2.10. The monoisotopic (exact) mass is 220 g/mol. The third-order valence-corrected chi connectivity index (χ3v) is 3.14. The van der Waals surface area contributed by atoms with E-state index < -0.39 is 0 Å². The molecule has 1 aromatic rings. The average molecular weight is 220 g/mol. The van der Waals surface area contributed by atoms with Crippen molar-refractivity contribution in [3.63, 3.8) is 0 Å². The van der Waals surface area contributed by atoms with Crippen LogP contribution in [0, 0.1) is 0 Å². The van der Waals surface area contributed by atoms with Crippen molar-refractivity contribution in [3.05, 3.63) is 28.8 Å². The highest BCUT2D eigenvalue weighted by atomic mass is 16.3. The Morgan fingerprint density at radius 3 is 2.25 bits per heavy atom. The summed E-state index contributed by atoms with van der Waals surface area (Å²) in [7, 11) is 0. The number of benzene rings is 1. The van der Waals surface area contributed by atoms with Gasteiger partial charge in [-0.2, -0.15) is 0 Å². The molecule has 1 N–H and O–H groups in total. The van der Waals surface area contributed by atoms with Crippen LogP contribution in [0.15, 0.2) is 12.1 Å². The van der Waals surface area contributed by atoms with E-state index in [0.29, 0.717) is 11.7 Å². The first-order valence-corrected chi connectivity index (χ1v) is 6.44. The molecule has 90 valence electrons. The molecule has 1 rings (SSSR count). The van der Waals surface area contributed by atoms with Gasteiger partial charge in [0.1, 0.15) is 5.75 Å². The van der Waals surface area contributed by atoms with E-state index in [-0.39, 0.29) is 0 Å². The van der Waals surface area contributed by atoms with Crippen LogP contribution < -0.4 is 0 Å². The van der Waals surface area contributed by atoms with Gasteiger partial charge in [-0.05, 0) is 41.9 Å². The zero-order chi connectivity index (χ0) is 12.1. The third-order valence-electron chi connectivity index (χ3n) is 3.14. The molecule has 1 aromatic carbocycles. The topological polar surface area (TPSA) is 20.2 Å². The molecule has 0 aliphatic heterocycles. The lowest BCUT2D eigenvalue weighted by atomic mass is 9.94. The van der Waals surface area contributed by atoms with Crippen molar-refractivity contribution < 1.29 is 5.11 Å². The van der Waals surface area contributed by atoms with Crippen LogP contribution in [0.1, 0.15) is 63.1 Å². The van der Waals surface area contributed by atoms with E-state index in [1.807, 2.05) is 0 Å². The summed E-state index contributed by atoms with van der Waals surface area (Å²) in [6.07, 6.45) is 4.23. The maximum Gasteiger partial charge on any atom is 0.121 e. The van der Waals surface area contributed by atoms with Gasteiger partial charge in [0.15, 0.2) is 0 Å². The zero-order valence-electron chi connectivity index (χ0n) is 11.0. The van der Waals surface area contributed by atoms with Crippen LogP contribution in [0.4, 0.5) is 0 Å². The van der Waals surface area contributed by atoms with Gasteiger partial charge in [-0.1, -0.05) is 46.2 Å². The molecule has 16 heavy (non-hydrogen) atoms. The molecule has 0 aliphatic rings. The second kappa shape index (κ2) is 5.93. The van der Waals surface area contributed by atoms with Gasteiger partial charge < -0.3 is 5.11 Å². The van der Waals surface area contributed by atoms with Crippen LogP contribution in [-0.2, 0) is 12.8 Å². The van der Waals surface area contributed by atoms with Gasteiger partial charge in [-0.15, -0.1) is 0 Å². The summed E-state index contributed by atoms with van der Waals surface area (Å²) in [6, 6.07) is 4.32. The molecule has 0 heterocycles. The molecule has 0 saturated heterocycles. The largest absolute Gasteiger partial charge is 0.507 e. The van der Waals surface area contributed by atoms with Gasteiger partial charge >= 0.3 is 0 Å². The van der Waals surface area contributed by atoms with Crippen molar-refractivity contribution in [1.82, 2.24) is 0 Å². The van der Waals surface area contributed by atoms with E-state index >= 15 is 0 Å². The minimum absolute atomic E-state index is 0.528. The Hall–Kier alpha value is -0.980. The second-order valence-corrected chi connectivity index (χ2v) is 4.80. The first-order chi connectivity index (χ1) is 7.60. The molecule has 0 aromatic heterocycles. The van der Waals surface area contributed by atoms with Crippen molar-refractivity contribution in [2.45, 2.75) is 59.3 Å². The Balaban J connectivity index is 3.08. The SMILES string of the molecule is CCCCc1cc(C(C)C)cc(CC)c1O. The average Bonchev–Trinajstić information content (AvgIpc) is 2.27. The van der Waals surface area contributed by atoms with Crippen LogP contribution in [-0.4, -0.2) is 5.11 Å². The fraction of sp³-hybridized carbons (Fsp3) is 0.600. The van der Waals surface area contributed by atoms with Crippen LogP contribution in [0.5, 0.6) is 5.75 Å². The van der Waals surface area contributed by atoms with Crippen LogP contribution in [0.25, 0.3) is 0 Å². The fourth-order valence-electron chi connectivity index (χ4n) is 1.95. The highest BCUT2D eigenvalue weighted by Crippen LogP contribution is 2.29. The summed E-state index contributed by atoms with van der Waals surface area (Å²) in [5.41, 5.74) is 3.57. The summed E-state index contributed by atoms with van der Waals surface area (Å²) >= 11 is 0. The Bertz CT molecular complexity index is 340. The predicted molar refractivity (Wildman–Crippen MR) is 70.2 cm³/mol. The fourth-order valence-corrected chi connectivity index (χ4v) is 1.95. The quantitative estimate of drug-likeness (QED) is 0.778. The second-order valence-electron chi connectivity index (χ2n) is 4.80. The molecule has 1 heteroatoms. The molecular formula is C15H24O. The number of hydrogen-bond donors (Lipinski definition) is 1. The lowest BCUT2D eigenvalue weighted by molar-refractivity contribution is 0.460. The van der Waals surface area contributed by atoms with Gasteiger partial charge in [-0.3, -0.25) is 0 Å². The zero-order valence-corrected chi connectivity index (χ0v) is 11.0. The molecule has 0 radical (unpaired) electrons. The van der Waals surface area contributed by atoms with E-state index in [1.54, 1.807) is 0 Å². The Morgan fingerprint density at radius 1 is 1.12 bits per heavy atom. The number of phenols is 1. The van der Waals surface area contributed by atoms with Crippen LogP contribution in [0.3, 0.4) is 0 Å². The van der Waals surface area contributed by atoms with Crippen LogP contribution in [0.2, 0.25) is 0 Å². The number of aryl methyl sites for hydroxylation is 2. The van der Waals surface area contributed by atoms with Gasteiger partial charge in [0.25, 0.3) is 0 Å². The van der Waals surface area contributed by atoms with E-state index in [0.717, 1.165) is 30.4 Å². The molecule has 0 aliphatic carbocycles. The van der Waals surface area contributed by atoms with E-state index in [2.05, 4.69) is 39.8 Å². The Morgan fingerprint density at radius 2 is 1.75 bits per heavy atom. The van der Waals surface area contributed by atoms with Crippen LogP contribution >= 0.6 is 0 Å². The molecule has 1 nitrogen and oxygen atoms in total. The smallest absolute Gasteiger partial charge is 0.121 e. The highest BCUT2D eigenvalue weighted by molar-refractivity contribution is 5.44. The molecular weight excluding hydrogens is 196 g/mol. The predicted octanol–water partition coefficient (Wildman–Crippen LogP) is 4.42. The standard InChI is InChI=1S/C15H24O/c1-5-7-8-13-10-14(11(3)4)9-12(6-2)15(13)16/h9-11,16H,5-8H2,1-4H3. The minimum atomic E-state index is 0.528. The maximum atomic E-state index is 10.1. The molecule has 0 unspecified atom stereocenters. The van der Waals surface area contributed by atoms with Crippen molar-refractivity contribution in [2.75, 3.05) is 0 Å². The summed E-state index contributed by atoms with van der Waals surface area (Å²) in [6.45, 7) is 8.69. The first kappa shape index (κ1) is 13.1. The molecule has 0 saturated carbocycles.